The van der Waals surface area contributed by atoms with Gasteiger partial charge in [0.05, 0.1) is 54.0 Å². The number of aryl methyl sites for hydroxylation is 2. The van der Waals surface area contributed by atoms with Gasteiger partial charge in [0, 0.05) is 38.8 Å². The first kappa shape index (κ1) is 41.0. The van der Waals surface area contributed by atoms with Gasteiger partial charge in [-0.15, -0.1) is 0 Å². The Balaban J connectivity index is 1.59. The van der Waals surface area contributed by atoms with E-state index in [-0.39, 0.29) is 0 Å². The molecule has 2 aliphatic rings. The molecule has 0 aliphatic carbocycles. The molecule has 2 aromatic carbocycles. The number of aliphatic hydroxyl groups is 1. The third-order valence-electron chi connectivity index (χ3n) is 11.4. The lowest BCUT2D eigenvalue weighted by molar-refractivity contribution is -0.111. The van der Waals surface area contributed by atoms with Gasteiger partial charge in [-0.1, -0.05) is 76.6 Å². The van der Waals surface area contributed by atoms with Gasteiger partial charge in [-0.2, -0.15) is 0 Å². The molecule has 59 heavy (non-hydrogen) atoms. The van der Waals surface area contributed by atoms with Crippen LogP contribution in [0.2, 0.25) is 0 Å². The lowest BCUT2D eigenvalue weighted by Crippen LogP contribution is -2.09. The van der Waals surface area contributed by atoms with E-state index in [1.807, 2.05) is 54.6 Å². The van der Waals surface area contributed by atoms with Crippen LogP contribution in [0.15, 0.2) is 72.8 Å². The fourth-order valence-corrected chi connectivity index (χ4v) is 8.23. The second-order valence-corrected chi connectivity index (χ2v) is 15.2. The monoisotopic (exact) mass is 792 g/mol. The fourth-order valence-electron chi connectivity index (χ4n) is 8.23. The van der Waals surface area contributed by atoms with Crippen molar-refractivity contribution in [3.05, 3.63) is 118 Å². The third kappa shape index (κ3) is 8.54. The van der Waals surface area contributed by atoms with Gasteiger partial charge in [0.1, 0.15) is 12.4 Å². The molecule has 2 aliphatic heterocycles. The SMILES string of the molecule is CCCCCCc1c2nc(c(-c3ccc(C(=O)OC)cc3)c3ccc([nH]3)c(CCCCCC)c3nc(c(-c4ccc(C(=O)OC)cc4)c4ccc1[nH]4)C(O)C3C=O)C=C2. The normalized spacial score (nSPS) is 14.7. The Labute approximate surface area is 344 Å². The van der Waals surface area contributed by atoms with Crippen molar-refractivity contribution in [2.45, 2.75) is 90.1 Å². The number of unbranched alkanes of at least 4 members (excludes halogenated alkanes) is 6. The van der Waals surface area contributed by atoms with E-state index < -0.39 is 24.0 Å². The van der Waals surface area contributed by atoms with E-state index in [1.165, 1.54) is 14.2 Å². The Morgan fingerprint density at radius 1 is 0.610 bits per heavy atom. The standard InChI is InChI=1S/C49H52N4O6/c1-5-7-9-11-13-34-37-23-26-40(50-37)43(30-15-19-32(20-16-30)48(56)58-3)41-27-25-39(52-41)35(14-12-10-8-6-2)45-36(29-54)47(55)46(53-45)44(42-28-24-38(34)51-42)31-17-21-33(22-18-31)49(57)59-4/h15-29,36,47,51-52,55H,5-14H2,1-4H3. The van der Waals surface area contributed by atoms with Crippen molar-refractivity contribution in [3.8, 4) is 22.3 Å². The number of esters is 2. The maximum atomic E-state index is 13.1. The molecule has 0 fully saturated rings. The van der Waals surface area contributed by atoms with E-state index in [4.69, 9.17) is 19.4 Å². The molecule has 3 N–H and O–H groups in total. The summed E-state index contributed by atoms with van der Waals surface area (Å²) in [4.78, 5) is 55.9. The molecule has 0 spiro atoms. The molecule has 2 atom stereocenters. The number of nitrogens with zero attached hydrogens (tertiary/aromatic N) is 2. The van der Waals surface area contributed by atoms with Crippen molar-refractivity contribution >= 4 is 52.4 Å². The first-order chi connectivity index (χ1) is 28.8. The highest BCUT2D eigenvalue weighted by molar-refractivity contribution is 5.95. The second-order valence-electron chi connectivity index (χ2n) is 15.2. The van der Waals surface area contributed by atoms with Gasteiger partial charge in [-0.05, 0) is 103 Å². The van der Waals surface area contributed by atoms with Gasteiger partial charge in [0.15, 0.2) is 0 Å². The predicted octanol–water partition coefficient (Wildman–Crippen LogP) is 10.7. The lowest BCUT2D eigenvalue weighted by Gasteiger charge is -2.13. The number of carbonyl (C=O) groups is 3. The number of ether oxygens (including phenoxy) is 2. The van der Waals surface area contributed by atoms with Gasteiger partial charge in [0.25, 0.3) is 0 Å². The van der Waals surface area contributed by atoms with E-state index in [9.17, 15) is 19.5 Å². The van der Waals surface area contributed by atoms with Crippen LogP contribution in [0.4, 0.5) is 0 Å². The topological polar surface area (TPSA) is 147 Å². The first-order valence-electron chi connectivity index (χ1n) is 20.8. The number of aromatic nitrogens is 4. The summed E-state index contributed by atoms with van der Waals surface area (Å²) in [5.41, 5.74) is 11.5. The van der Waals surface area contributed by atoms with E-state index >= 15 is 0 Å². The summed E-state index contributed by atoms with van der Waals surface area (Å²) in [5, 5.41) is 12.2. The molecule has 10 nitrogen and oxygen atoms in total. The Bertz CT molecular complexity index is 2530. The molecule has 7 rings (SSSR count). The number of hydrogen-bond acceptors (Lipinski definition) is 8. The number of nitrogens with one attached hydrogen (secondary N) is 2. The van der Waals surface area contributed by atoms with Crippen molar-refractivity contribution in [1.82, 2.24) is 19.9 Å². The molecule has 5 heterocycles. The summed E-state index contributed by atoms with van der Waals surface area (Å²) in [6, 6.07) is 22.5. The van der Waals surface area contributed by atoms with Gasteiger partial charge in [-0.3, -0.25) is 4.98 Å². The van der Waals surface area contributed by atoms with Crippen molar-refractivity contribution in [2.75, 3.05) is 14.2 Å². The average molecular weight is 793 g/mol. The van der Waals surface area contributed by atoms with Crippen LogP contribution in [-0.4, -0.2) is 57.5 Å². The van der Waals surface area contributed by atoms with Gasteiger partial charge in [0.2, 0.25) is 0 Å². The quantitative estimate of drug-likeness (QED) is 0.0529. The van der Waals surface area contributed by atoms with Crippen molar-refractivity contribution in [1.29, 1.82) is 0 Å². The highest BCUT2D eigenvalue weighted by Gasteiger charge is 2.35. The number of benzene rings is 2. The third-order valence-corrected chi connectivity index (χ3v) is 11.4. The minimum atomic E-state index is -1.23. The number of aliphatic hydroxyl groups excluding tert-OH is 1. The Kier molecular flexibility index (Phi) is 13.0. The number of rotatable bonds is 15. The Hall–Kier alpha value is -6.13. The zero-order valence-corrected chi connectivity index (χ0v) is 34.3. The summed E-state index contributed by atoms with van der Waals surface area (Å²) in [7, 11) is 2.72. The zero-order valence-electron chi connectivity index (χ0n) is 34.3. The summed E-state index contributed by atoms with van der Waals surface area (Å²) in [6.07, 6.45) is 13.4. The Morgan fingerprint density at radius 2 is 1.10 bits per heavy atom. The lowest BCUT2D eigenvalue weighted by atomic mass is 9.92. The smallest absolute Gasteiger partial charge is 0.337 e. The van der Waals surface area contributed by atoms with E-state index in [0.717, 1.165) is 120 Å². The maximum absolute atomic E-state index is 13.1. The highest BCUT2D eigenvalue weighted by atomic mass is 16.5. The number of fused-ring (bicyclic) bond motifs is 8. The summed E-state index contributed by atoms with van der Waals surface area (Å²) in [5.74, 6) is -1.78. The molecule has 5 aromatic rings. The minimum Gasteiger partial charge on any atom is -0.465 e. The van der Waals surface area contributed by atoms with E-state index in [0.29, 0.717) is 40.0 Å². The van der Waals surface area contributed by atoms with Crippen LogP contribution >= 0.6 is 0 Å². The number of methoxy groups -OCH3 is 2. The molecule has 10 heteroatoms. The molecule has 0 amide bonds. The summed E-state index contributed by atoms with van der Waals surface area (Å²) < 4.78 is 9.96. The first-order valence-corrected chi connectivity index (χ1v) is 20.8. The van der Waals surface area contributed by atoms with Crippen LogP contribution in [0.25, 0.3) is 56.5 Å². The molecule has 0 saturated heterocycles. The predicted molar refractivity (Wildman–Crippen MR) is 233 cm³/mol. The van der Waals surface area contributed by atoms with Crippen molar-refractivity contribution in [3.63, 3.8) is 0 Å². The molecular weight excluding hydrogens is 741 g/mol. The highest BCUT2D eigenvalue weighted by Crippen LogP contribution is 2.42. The van der Waals surface area contributed by atoms with Gasteiger partial charge < -0.3 is 29.3 Å². The van der Waals surface area contributed by atoms with E-state index in [2.05, 4.69) is 29.9 Å². The molecule has 3 aromatic heterocycles. The molecule has 8 bridgehead atoms. The average Bonchev–Trinajstić information content (AvgIpc) is 4.10. The number of aromatic amines is 2. The largest absolute Gasteiger partial charge is 0.465 e. The zero-order chi connectivity index (χ0) is 41.5. The molecule has 2 unspecified atom stereocenters. The van der Waals surface area contributed by atoms with Crippen LogP contribution < -0.4 is 0 Å². The molecular formula is C49H52N4O6. The number of hydrogen-bond donors (Lipinski definition) is 3. The second kappa shape index (κ2) is 18.6. The van der Waals surface area contributed by atoms with Gasteiger partial charge >= 0.3 is 11.9 Å². The fraction of sp³-hybridized carbons (Fsp3) is 0.327. The van der Waals surface area contributed by atoms with Crippen LogP contribution in [0, 0.1) is 0 Å². The number of aldehydes is 1. The number of carbonyl (C=O) groups excluding carboxylic acids is 3. The van der Waals surface area contributed by atoms with Crippen LogP contribution in [0.3, 0.4) is 0 Å². The number of H-pyrrole nitrogens is 2. The molecule has 0 saturated carbocycles. The van der Waals surface area contributed by atoms with Crippen LogP contribution in [0.5, 0.6) is 0 Å². The van der Waals surface area contributed by atoms with Crippen molar-refractivity contribution < 1.29 is 29.0 Å². The molecule has 304 valence electrons. The minimum absolute atomic E-state index is 0.373. The van der Waals surface area contributed by atoms with E-state index in [1.54, 1.807) is 24.3 Å². The van der Waals surface area contributed by atoms with Crippen LogP contribution in [-0.2, 0) is 27.1 Å². The molecule has 0 radical (unpaired) electrons. The Morgan fingerprint density at radius 3 is 1.64 bits per heavy atom. The van der Waals surface area contributed by atoms with Crippen LogP contribution in [0.1, 0.15) is 132 Å². The summed E-state index contributed by atoms with van der Waals surface area (Å²) >= 11 is 0. The summed E-state index contributed by atoms with van der Waals surface area (Å²) in [6.45, 7) is 4.37. The van der Waals surface area contributed by atoms with Crippen molar-refractivity contribution in [2.24, 2.45) is 0 Å². The van der Waals surface area contributed by atoms with Gasteiger partial charge in [-0.25, -0.2) is 14.6 Å². The maximum Gasteiger partial charge on any atom is 0.337 e.